The van der Waals surface area contributed by atoms with Crippen LogP contribution in [0.3, 0.4) is 0 Å². The van der Waals surface area contributed by atoms with Crippen LogP contribution in [0.4, 0.5) is 0 Å². The average Bonchev–Trinajstić information content (AvgIpc) is 3.34. The lowest BCUT2D eigenvalue weighted by Crippen LogP contribution is -3.13. The van der Waals surface area contributed by atoms with Crippen LogP contribution in [0, 0.1) is 13.8 Å². The summed E-state index contributed by atoms with van der Waals surface area (Å²) in [6.45, 7) is 8.24. The summed E-state index contributed by atoms with van der Waals surface area (Å²) in [5.74, 6) is 1.06. The summed E-state index contributed by atoms with van der Waals surface area (Å²) in [5.41, 5.74) is 3.80. The van der Waals surface area contributed by atoms with E-state index >= 15 is 0 Å². The third-order valence-electron chi connectivity index (χ3n) is 5.84. The van der Waals surface area contributed by atoms with Gasteiger partial charge in [0.1, 0.15) is 18.7 Å². The predicted molar refractivity (Wildman–Crippen MR) is 104 cm³/mol. The molecule has 1 aromatic carbocycles. The Kier molecular flexibility index (Phi) is 5.14. The molecule has 0 radical (unpaired) electrons. The first-order chi connectivity index (χ1) is 13.1. The smallest absolute Gasteiger partial charge is 0.336 e. The molecule has 1 fully saturated rings. The average molecular weight is 368 g/mol. The van der Waals surface area contributed by atoms with Gasteiger partial charge in [-0.25, -0.2) is 4.79 Å². The number of furan rings is 1. The van der Waals surface area contributed by atoms with E-state index in [0.717, 1.165) is 35.4 Å². The molecule has 2 aromatic heterocycles. The molecule has 0 unspecified atom stereocenters. The molecule has 3 heterocycles. The van der Waals surface area contributed by atoms with Crippen LogP contribution in [0.5, 0.6) is 0 Å². The normalized spacial score (nSPS) is 16.2. The van der Waals surface area contributed by atoms with Crippen molar-refractivity contribution in [3.05, 3.63) is 69.5 Å². The maximum atomic E-state index is 12.0. The number of fused-ring (bicyclic) bond motifs is 1. The Bertz CT molecular complexity index is 969. The van der Waals surface area contributed by atoms with Gasteiger partial charge >= 0.3 is 5.63 Å². The van der Waals surface area contributed by atoms with Crippen LogP contribution >= 0.6 is 0 Å². The van der Waals surface area contributed by atoms with Crippen molar-refractivity contribution in [1.29, 1.82) is 0 Å². The molecule has 27 heavy (non-hydrogen) atoms. The SMILES string of the molecule is Cc1cc2oc(=O)cc(C[NH2+]C[C@@H](c3ccco3)[NH+]3CCCC3)c2cc1C. The molecule has 0 aliphatic carbocycles. The van der Waals surface area contributed by atoms with E-state index in [1.807, 2.05) is 19.1 Å². The predicted octanol–water partition coefficient (Wildman–Crippen LogP) is 1.49. The Balaban J connectivity index is 1.54. The van der Waals surface area contributed by atoms with Gasteiger partial charge in [-0.2, -0.15) is 0 Å². The van der Waals surface area contributed by atoms with Crippen LogP contribution in [0.1, 0.15) is 41.3 Å². The third-order valence-corrected chi connectivity index (χ3v) is 5.84. The highest BCUT2D eigenvalue weighted by Gasteiger charge is 2.30. The topological polar surface area (TPSA) is 64.4 Å². The first kappa shape index (κ1) is 18.0. The summed E-state index contributed by atoms with van der Waals surface area (Å²) < 4.78 is 11.1. The minimum absolute atomic E-state index is 0.276. The number of nitrogens with one attached hydrogen (secondary N) is 1. The lowest BCUT2D eigenvalue weighted by molar-refractivity contribution is -0.936. The van der Waals surface area contributed by atoms with Crippen LogP contribution in [0.15, 0.2) is 50.2 Å². The minimum atomic E-state index is -0.276. The Labute approximate surface area is 159 Å². The molecule has 5 nitrogen and oxygen atoms in total. The number of benzene rings is 1. The van der Waals surface area contributed by atoms with Crippen molar-refractivity contribution >= 4 is 11.0 Å². The van der Waals surface area contributed by atoms with Gasteiger partial charge in [-0.05, 0) is 49.2 Å². The van der Waals surface area contributed by atoms with Crippen molar-refractivity contribution in [3.8, 4) is 0 Å². The molecule has 3 aromatic rings. The maximum absolute atomic E-state index is 12.0. The van der Waals surface area contributed by atoms with Crippen molar-refractivity contribution in [2.24, 2.45) is 0 Å². The van der Waals surface area contributed by atoms with Crippen molar-refractivity contribution in [3.63, 3.8) is 0 Å². The zero-order chi connectivity index (χ0) is 18.8. The fourth-order valence-electron chi connectivity index (χ4n) is 4.21. The largest absolute Gasteiger partial charge is 0.463 e. The molecule has 0 spiro atoms. The van der Waals surface area contributed by atoms with Gasteiger partial charge in [0.15, 0.2) is 11.8 Å². The van der Waals surface area contributed by atoms with E-state index in [-0.39, 0.29) is 5.63 Å². The number of rotatable bonds is 6. The second-order valence-corrected chi connectivity index (χ2v) is 7.69. The van der Waals surface area contributed by atoms with E-state index in [4.69, 9.17) is 8.83 Å². The van der Waals surface area contributed by atoms with Crippen LogP contribution in [0.25, 0.3) is 11.0 Å². The Morgan fingerprint density at radius 3 is 2.67 bits per heavy atom. The zero-order valence-electron chi connectivity index (χ0n) is 16.1. The van der Waals surface area contributed by atoms with Gasteiger partial charge in [-0.15, -0.1) is 0 Å². The molecule has 0 amide bonds. The van der Waals surface area contributed by atoms with Crippen molar-refractivity contribution in [1.82, 2.24) is 0 Å². The van der Waals surface area contributed by atoms with E-state index in [0.29, 0.717) is 11.6 Å². The Hall–Kier alpha value is -2.37. The molecule has 0 bridgehead atoms. The summed E-state index contributed by atoms with van der Waals surface area (Å²) in [6, 6.07) is 10.2. The van der Waals surface area contributed by atoms with E-state index in [9.17, 15) is 4.79 Å². The van der Waals surface area contributed by atoms with Crippen LogP contribution in [-0.2, 0) is 6.54 Å². The van der Waals surface area contributed by atoms with E-state index in [1.54, 1.807) is 17.2 Å². The first-order valence-electron chi connectivity index (χ1n) is 9.85. The minimum Gasteiger partial charge on any atom is -0.463 e. The molecule has 1 saturated heterocycles. The molecule has 1 aliphatic heterocycles. The molecule has 3 N–H and O–H groups in total. The van der Waals surface area contributed by atoms with Crippen LogP contribution in [-0.4, -0.2) is 19.6 Å². The van der Waals surface area contributed by atoms with Crippen molar-refractivity contribution in [2.45, 2.75) is 39.3 Å². The number of quaternary nitrogens is 2. The number of likely N-dealkylation sites (tertiary alicyclic amines) is 1. The van der Waals surface area contributed by atoms with Crippen molar-refractivity contribution < 1.29 is 19.1 Å². The number of nitrogens with two attached hydrogens (primary N) is 1. The third kappa shape index (κ3) is 3.84. The van der Waals surface area contributed by atoms with Gasteiger partial charge in [0.25, 0.3) is 0 Å². The van der Waals surface area contributed by atoms with E-state index in [1.165, 1.54) is 31.5 Å². The number of hydrogen-bond acceptors (Lipinski definition) is 3. The first-order valence-corrected chi connectivity index (χ1v) is 9.85. The highest BCUT2D eigenvalue weighted by atomic mass is 16.4. The summed E-state index contributed by atoms with van der Waals surface area (Å²) in [6.07, 6.45) is 4.34. The number of hydrogen-bond donors (Lipinski definition) is 2. The summed E-state index contributed by atoms with van der Waals surface area (Å²) in [7, 11) is 0. The van der Waals surface area contributed by atoms with Crippen molar-refractivity contribution in [2.75, 3.05) is 19.6 Å². The highest BCUT2D eigenvalue weighted by Crippen LogP contribution is 2.21. The van der Waals surface area contributed by atoms with E-state index < -0.39 is 0 Å². The molecular formula is C22H28N2O3+2. The fraction of sp³-hybridized carbons (Fsp3) is 0.409. The molecule has 5 heteroatoms. The lowest BCUT2D eigenvalue weighted by Gasteiger charge is -2.21. The standard InChI is InChI=1S/C22H26N2O3/c1-15-10-18-17(12-22(25)27-21(18)11-16(15)2)13-23-14-19(20-6-5-9-26-20)24-7-3-4-8-24/h5-6,9-12,19,23H,3-4,7-8,13-14H2,1-2H3/p+2/t19-/m0/s1. The monoisotopic (exact) mass is 368 g/mol. The van der Waals surface area contributed by atoms with E-state index in [2.05, 4.69) is 24.4 Å². The van der Waals surface area contributed by atoms with Gasteiger partial charge in [-0.3, -0.25) is 0 Å². The van der Waals surface area contributed by atoms with Gasteiger partial charge < -0.3 is 19.1 Å². The Morgan fingerprint density at radius 2 is 1.93 bits per heavy atom. The fourth-order valence-corrected chi connectivity index (χ4v) is 4.21. The molecule has 1 atom stereocenters. The zero-order valence-corrected chi connectivity index (χ0v) is 16.1. The lowest BCUT2D eigenvalue weighted by atomic mass is 10.0. The molecule has 1 aliphatic rings. The van der Waals surface area contributed by atoms with Gasteiger partial charge in [-0.1, -0.05) is 0 Å². The molecular weight excluding hydrogens is 340 g/mol. The second-order valence-electron chi connectivity index (χ2n) is 7.69. The summed E-state index contributed by atoms with van der Waals surface area (Å²) >= 11 is 0. The molecule has 0 saturated carbocycles. The number of aryl methyl sites for hydroxylation is 2. The Morgan fingerprint density at radius 1 is 1.15 bits per heavy atom. The molecule has 4 rings (SSSR count). The maximum Gasteiger partial charge on any atom is 0.336 e. The summed E-state index contributed by atoms with van der Waals surface area (Å²) in [5, 5.41) is 3.33. The quantitative estimate of drug-likeness (QED) is 0.648. The van der Waals surface area contributed by atoms with Crippen LogP contribution in [0.2, 0.25) is 0 Å². The van der Waals surface area contributed by atoms with Gasteiger partial charge in [0.2, 0.25) is 0 Å². The highest BCUT2D eigenvalue weighted by molar-refractivity contribution is 5.81. The van der Waals surface area contributed by atoms with Crippen LogP contribution < -0.4 is 15.8 Å². The molecule has 142 valence electrons. The van der Waals surface area contributed by atoms with Gasteiger partial charge in [0, 0.05) is 29.9 Å². The summed E-state index contributed by atoms with van der Waals surface area (Å²) in [4.78, 5) is 13.6. The second kappa shape index (κ2) is 7.71. The van der Waals surface area contributed by atoms with Gasteiger partial charge in [0.05, 0.1) is 19.4 Å².